The van der Waals surface area contributed by atoms with Crippen LogP contribution < -0.4 is 21.2 Å². The van der Waals surface area contributed by atoms with E-state index in [1.165, 1.54) is 0 Å². The van der Waals surface area contributed by atoms with Crippen LogP contribution in [-0.2, 0) is 4.57 Å². The predicted molar refractivity (Wildman–Crippen MR) is 245 cm³/mol. The van der Waals surface area contributed by atoms with Crippen molar-refractivity contribution < 1.29 is 4.57 Å². The molecule has 58 heavy (non-hydrogen) atoms. The van der Waals surface area contributed by atoms with Gasteiger partial charge in [0.25, 0.3) is 0 Å². The summed E-state index contributed by atoms with van der Waals surface area (Å²) in [5.41, 5.74) is 18.5. The van der Waals surface area contributed by atoms with E-state index in [-0.39, 0.29) is 0 Å². The molecule has 0 amide bonds. The summed E-state index contributed by atoms with van der Waals surface area (Å²) in [5.74, 6) is 0. The number of anilines is 3. The summed E-state index contributed by atoms with van der Waals surface area (Å²) in [6, 6.07) is 68.0. The van der Waals surface area contributed by atoms with E-state index in [2.05, 4.69) is 133 Å². The predicted octanol–water partition coefficient (Wildman–Crippen LogP) is 12.3. The number of nitrogens with two attached hydrogens (primary N) is 1. The highest BCUT2D eigenvalue weighted by molar-refractivity contribution is 7.88. The molecule has 4 nitrogen and oxygen atoms in total. The number of benzene rings is 8. The van der Waals surface area contributed by atoms with Crippen molar-refractivity contribution in [3.8, 4) is 0 Å². The van der Waals surface area contributed by atoms with Gasteiger partial charge in [-0.1, -0.05) is 176 Å². The molecule has 2 aliphatic heterocycles. The van der Waals surface area contributed by atoms with Gasteiger partial charge >= 0.3 is 0 Å². The lowest BCUT2D eigenvalue weighted by atomic mass is 9.95. The second-order valence-electron chi connectivity index (χ2n) is 14.6. The highest BCUT2D eigenvalue weighted by Crippen LogP contribution is 2.68. The number of nitrogens with zero attached hydrogens (tertiary/aromatic N) is 2. The standard InChI is InChI=1S/C53H38N3OP/c1-36(37-16-4-2-5-17-37)55-48(40-19-6-3-7-20-40)35-47(54)39-28-31-42(32-29-39)56-49-25-13-10-22-44(49)52-46-24-12-15-27-51(46)58(57,53(52)45-23-11-14-26-50(45)56)43-33-30-38-18-8-9-21-41(38)34-43/h2-35H,1,54H2/b47-35-,55-48?. The molecule has 0 saturated heterocycles. The first-order valence-corrected chi connectivity index (χ1v) is 21.1. The molecule has 2 heterocycles. The lowest BCUT2D eigenvalue weighted by Gasteiger charge is -2.29. The van der Waals surface area contributed by atoms with Gasteiger partial charge in [0.05, 0.1) is 22.8 Å². The van der Waals surface area contributed by atoms with Crippen LogP contribution in [0.4, 0.5) is 17.1 Å². The monoisotopic (exact) mass is 763 g/mol. The number of rotatable bonds is 7. The van der Waals surface area contributed by atoms with Gasteiger partial charge in [0.15, 0.2) is 7.14 Å². The summed E-state index contributed by atoms with van der Waals surface area (Å²) < 4.78 is 16.4. The van der Waals surface area contributed by atoms with Crippen molar-refractivity contribution >= 4 is 73.6 Å². The molecule has 8 aromatic rings. The summed E-state index contributed by atoms with van der Waals surface area (Å²) in [6.45, 7) is 4.27. The van der Waals surface area contributed by atoms with Gasteiger partial charge < -0.3 is 15.2 Å². The average molecular weight is 764 g/mol. The van der Waals surface area contributed by atoms with Gasteiger partial charge in [-0.3, -0.25) is 0 Å². The molecule has 0 fully saturated rings. The lowest BCUT2D eigenvalue weighted by Crippen LogP contribution is -2.17. The van der Waals surface area contributed by atoms with Crippen molar-refractivity contribution in [3.05, 3.63) is 246 Å². The minimum atomic E-state index is -3.36. The fourth-order valence-electron chi connectivity index (χ4n) is 8.40. The Kier molecular flexibility index (Phi) is 8.70. The molecule has 276 valence electrons. The number of hydrogen-bond donors (Lipinski definition) is 1. The van der Waals surface area contributed by atoms with Gasteiger partial charge in [-0.05, 0) is 63.9 Å². The van der Waals surface area contributed by atoms with Crippen LogP contribution in [-0.4, -0.2) is 5.71 Å². The third kappa shape index (κ3) is 5.86. The number of aliphatic imine (C=N–C) groups is 1. The summed E-state index contributed by atoms with van der Waals surface area (Å²) in [7, 11) is -3.36. The lowest BCUT2D eigenvalue weighted by molar-refractivity contribution is 0.593. The topological polar surface area (TPSA) is 58.7 Å². The summed E-state index contributed by atoms with van der Waals surface area (Å²) >= 11 is 0. The SMILES string of the molecule is C=C(N=C(/C=C(\N)c1ccc(N2c3ccccc3C3=C(c4ccccc42)P(=O)(c2ccc4ccccc4c2)c2ccccc23)cc1)c1ccccc1)c1ccccc1. The smallest absolute Gasteiger partial charge is 0.172 e. The normalized spacial score (nSPS) is 16.0. The van der Waals surface area contributed by atoms with Crippen LogP contribution in [0, 0.1) is 0 Å². The molecule has 2 aliphatic rings. The second kappa shape index (κ2) is 14.4. The van der Waals surface area contributed by atoms with Crippen LogP contribution in [0.15, 0.2) is 218 Å². The quantitative estimate of drug-likeness (QED) is 0.130. The summed E-state index contributed by atoms with van der Waals surface area (Å²) in [4.78, 5) is 7.25. The Hall–Kier alpha value is -7.26. The third-order valence-corrected chi connectivity index (χ3v) is 14.3. The van der Waals surface area contributed by atoms with Crippen molar-refractivity contribution in [2.24, 2.45) is 10.7 Å². The van der Waals surface area contributed by atoms with Gasteiger partial charge in [0.2, 0.25) is 0 Å². The molecule has 5 heteroatoms. The number of fused-ring (bicyclic) bond motifs is 7. The van der Waals surface area contributed by atoms with E-state index in [0.717, 1.165) is 88.4 Å². The first-order valence-electron chi connectivity index (χ1n) is 19.4. The molecule has 2 N–H and O–H groups in total. The van der Waals surface area contributed by atoms with Gasteiger partial charge in [0, 0.05) is 49.6 Å². The Bertz CT molecular complexity index is 3050. The van der Waals surface area contributed by atoms with Gasteiger partial charge in [0.1, 0.15) is 0 Å². The van der Waals surface area contributed by atoms with Crippen molar-refractivity contribution in [2.45, 2.75) is 0 Å². The average Bonchev–Trinajstić information content (AvgIpc) is 3.47. The van der Waals surface area contributed by atoms with E-state index >= 15 is 4.57 Å². The molecule has 0 spiro atoms. The minimum Gasteiger partial charge on any atom is -0.398 e. The second-order valence-corrected chi connectivity index (χ2v) is 17.2. The van der Waals surface area contributed by atoms with E-state index in [1.54, 1.807) is 0 Å². The van der Waals surface area contributed by atoms with E-state index in [0.29, 0.717) is 11.4 Å². The first-order chi connectivity index (χ1) is 28.5. The first kappa shape index (κ1) is 35.2. The number of hydrogen-bond acceptors (Lipinski definition) is 4. The summed E-state index contributed by atoms with van der Waals surface area (Å²) in [5, 5.41) is 4.79. The van der Waals surface area contributed by atoms with Gasteiger partial charge in [-0.15, -0.1) is 0 Å². The van der Waals surface area contributed by atoms with Crippen LogP contribution in [0.25, 0.3) is 33.1 Å². The maximum Gasteiger partial charge on any atom is 0.172 e. The third-order valence-electron chi connectivity index (χ3n) is 11.2. The molecule has 0 radical (unpaired) electrons. The zero-order chi connectivity index (χ0) is 39.2. The molecule has 1 atom stereocenters. The van der Waals surface area contributed by atoms with Gasteiger partial charge in [-0.25, -0.2) is 4.99 Å². The van der Waals surface area contributed by atoms with Crippen LogP contribution in [0.3, 0.4) is 0 Å². The maximum absolute atomic E-state index is 16.4. The molecule has 0 saturated carbocycles. The number of allylic oxidation sites excluding steroid dienone is 1. The molecule has 0 aliphatic carbocycles. The fourth-order valence-corrected chi connectivity index (χ4v) is 11.7. The highest BCUT2D eigenvalue weighted by atomic mass is 31.2. The van der Waals surface area contributed by atoms with Crippen molar-refractivity contribution in [3.63, 3.8) is 0 Å². The molecular formula is C53H38N3OP. The van der Waals surface area contributed by atoms with Crippen molar-refractivity contribution in [2.75, 3.05) is 4.90 Å². The van der Waals surface area contributed by atoms with E-state index < -0.39 is 7.14 Å². The van der Waals surface area contributed by atoms with Crippen LogP contribution in [0.1, 0.15) is 33.4 Å². The Labute approximate surface area is 338 Å². The Morgan fingerprint density at radius 3 is 1.84 bits per heavy atom. The molecular weight excluding hydrogens is 726 g/mol. The molecule has 0 bridgehead atoms. The van der Waals surface area contributed by atoms with Crippen molar-refractivity contribution in [1.82, 2.24) is 0 Å². The van der Waals surface area contributed by atoms with E-state index in [4.69, 9.17) is 10.7 Å². The fraction of sp³-hybridized carbons (Fsp3) is 0. The van der Waals surface area contributed by atoms with E-state index in [1.807, 2.05) is 84.9 Å². The zero-order valence-electron chi connectivity index (χ0n) is 31.7. The van der Waals surface area contributed by atoms with Crippen LogP contribution >= 0.6 is 7.14 Å². The summed E-state index contributed by atoms with van der Waals surface area (Å²) in [6.07, 6.45) is 1.92. The van der Waals surface area contributed by atoms with Crippen molar-refractivity contribution in [1.29, 1.82) is 0 Å². The maximum atomic E-state index is 16.4. The zero-order valence-corrected chi connectivity index (χ0v) is 32.6. The van der Waals surface area contributed by atoms with Crippen LogP contribution in [0.5, 0.6) is 0 Å². The minimum absolute atomic E-state index is 0.584. The molecule has 8 aromatic carbocycles. The Morgan fingerprint density at radius 1 is 0.552 bits per heavy atom. The largest absolute Gasteiger partial charge is 0.398 e. The van der Waals surface area contributed by atoms with E-state index in [9.17, 15) is 0 Å². The highest BCUT2D eigenvalue weighted by Gasteiger charge is 2.46. The number of para-hydroxylation sites is 2. The molecule has 10 rings (SSSR count). The Morgan fingerprint density at radius 2 is 1.12 bits per heavy atom. The van der Waals surface area contributed by atoms with Crippen LogP contribution in [0.2, 0.25) is 0 Å². The Balaban J connectivity index is 1.10. The molecule has 0 aromatic heterocycles. The van der Waals surface area contributed by atoms with Gasteiger partial charge in [-0.2, -0.15) is 0 Å². The molecule has 1 unspecified atom stereocenters.